The van der Waals surface area contributed by atoms with Crippen LogP contribution < -0.4 is 21.3 Å². The molecule has 7 heteroatoms. The summed E-state index contributed by atoms with van der Waals surface area (Å²) in [5.74, 6) is -0.901. The van der Waals surface area contributed by atoms with Crippen LogP contribution in [-0.2, 0) is 4.79 Å². The normalized spacial score (nSPS) is 10.2. The molecule has 3 amide bonds. The largest absolute Gasteiger partial charge is 0.376 e. The number of nitrogens with one attached hydrogen (secondary N) is 2. The first-order valence-electron chi connectivity index (χ1n) is 9.88. The number of carbonyl (C=O) groups is 3. The maximum atomic E-state index is 12.8. The number of rotatable bonds is 8. The Hall–Kier alpha value is -4.13. The molecule has 0 aromatic heterocycles. The van der Waals surface area contributed by atoms with Crippen LogP contribution in [0.4, 0.5) is 17.1 Å². The molecule has 0 aliphatic carbocycles. The molecule has 7 nitrogen and oxygen atoms in total. The summed E-state index contributed by atoms with van der Waals surface area (Å²) in [4.78, 5) is 38.0. The van der Waals surface area contributed by atoms with Crippen molar-refractivity contribution in [2.75, 3.05) is 28.6 Å². The van der Waals surface area contributed by atoms with Crippen molar-refractivity contribution >= 4 is 34.8 Å². The molecule has 0 atom stereocenters. The van der Waals surface area contributed by atoms with E-state index < -0.39 is 5.91 Å². The van der Waals surface area contributed by atoms with Crippen molar-refractivity contribution < 1.29 is 14.4 Å². The Kier molecular flexibility index (Phi) is 7.01. The van der Waals surface area contributed by atoms with E-state index in [0.29, 0.717) is 29.0 Å². The third kappa shape index (κ3) is 5.70. The van der Waals surface area contributed by atoms with Crippen LogP contribution in [0.2, 0.25) is 0 Å². The number of benzene rings is 3. The number of hydrogen-bond donors (Lipinski definition) is 3. The Balaban J connectivity index is 1.58. The molecule has 0 aliphatic rings. The standard InChI is InChI=1S/C24H24N4O3/c1-2-28(21-9-4-3-5-10-21)24(31)17-11-13-19(14-12-17)27-22(29)16-26-20-8-6-7-18(15-20)23(25)30/h3-15,26H,2,16H2,1H3,(H2,25,30)(H,27,29). The van der Waals surface area contributed by atoms with E-state index in [9.17, 15) is 14.4 Å². The van der Waals surface area contributed by atoms with Gasteiger partial charge in [0.25, 0.3) is 5.91 Å². The zero-order valence-electron chi connectivity index (χ0n) is 17.2. The van der Waals surface area contributed by atoms with E-state index in [2.05, 4.69) is 10.6 Å². The summed E-state index contributed by atoms with van der Waals surface area (Å²) >= 11 is 0. The second-order valence-corrected chi connectivity index (χ2v) is 6.81. The van der Waals surface area contributed by atoms with Gasteiger partial charge in [0.1, 0.15) is 0 Å². The van der Waals surface area contributed by atoms with Crippen molar-refractivity contribution in [1.29, 1.82) is 0 Å². The average Bonchev–Trinajstić information content (AvgIpc) is 2.79. The Morgan fingerprint density at radius 1 is 0.839 bits per heavy atom. The first kappa shape index (κ1) is 21.6. The SMILES string of the molecule is CCN(C(=O)c1ccc(NC(=O)CNc2cccc(C(N)=O)c2)cc1)c1ccccc1. The summed E-state index contributed by atoms with van der Waals surface area (Å²) in [5, 5.41) is 5.72. The minimum atomic E-state index is -0.531. The highest BCUT2D eigenvalue weighted by Crippen LogP contribution is 2.18. The fraction of sp³-hybridized carbons (Fsp3) is 0.125. The van der Waals surface area contributed by atoms with Gasteiger partial charge in [0.2, 0.25) is 11.8 Å². The number of primary amides is 1. The number of amides is 3. The fourth-order valence-corrected chi connectivity index (χ4v) is 3.07. The van der Waals surface area contributed by atoms with Gasteiger partial charge in [-0.25, -0.2) is 0 Å². The molecule has 3 rings (SSSR count). The second-order valence-electron chi connectivity index (χ2n) is 6.81. The third-order valence-electron chi connectivity index (χ3n) is 4.65. The molecule has 3 aromatic rings. The molecule has 31 heavy (non-hydrogen) atoms. The van der Waals surface area contributed by atoms with E-state index in [1.807, 2.05) is 37.3 Å². The van der Waals surface area contributed by atoms with Crippen LogP contribution in [0.25, 0.3) is 0 Å². The molecule has 0 spiro atoms. The van der Waals surface area contributed by atoms with Crippen LogP contribution in [0.5, 0.6) is 0 Å². The van der Waals surface area contributed by atoms with Crippen LogP contribution in [0.1, 0.15) is 27.6 Å². The zero-order valence-corrected chi connectivity index (χ0v) is 17.2. The molecule has 0 radical (unpaired) electrons. The van der Waals surface area contributed by atoms with Gasteiger partial charge in [-0.2, -0.15) is 0 Å². The van der Waals surface area contributed by atoms with Gasteiger partial charge in [-0.1, -0.05) is 24.3 Å². The summed E-state index contributed by atoms with van der Waals surface area (Å²) in [5.41, 5.74) is 8.19. The van der Waals surface area contributed by atoms with Crippen LogP contribution in [0, 0.1) is 0 Å². The van der Waals surface area contributed by atoms with Gasteiger partial charge in [-0.05, 0) is 61.5 Å². The summed E-state index contributed by atoms with van der Waals surface area (Å²) in [6, 6.07) is 22.8. The van der Waals surface area contributed by atoms with Crippen molar-refractivity contribution in [1.82, 2.24) is 0 Å². The van der Waals surface area contributed by atoms with Crippen molar-refractivity contribution in [2.24, 2.45) is 5.73 Å². The summed E-state index contributed by atoms with van der Waals surface area (Å²) in [7, 11) is 0. The number of anilines is 3. The molecule has 4 N–H and O–H groups in total. The number of carbonyl (C=O) groups excluding carboxylic acids is 3. The molecular formula is C24H24N4O3. The molecule has 3 aromatic carbocycles. The molecule has 0 aliphatic heterocycles. The summed E-state index contributed by atoms with van der Waals surface area (Å²) in [6.45, 7) is 2.48. The van der Waals surface area contributed by atoms with E-state index in [0.717, 1.165) is 5.69 Å². The molecular weight excluding hydrogens is 392 g/mol. The first-order valence-corrected chi connectivity index (χ1v) is 9.88. The fourth-order valence-electron chi connectivity index (χ4n) is 3.07. The maximum Gasteiger partial charge on any atom is 0.258 e. The maximum absolute atomic E-state index is 12.8. The van der Waals surface area contributed by atoms with E-state index in [1.165, 1.54) is 0 Å². The van der Waals surface area contributed by atoms with Crippen molar-refractivity contribution in [3.63, 3.8) is 0 Å². The second kappa shape index (κ2) is 10.1. The lowest BCUT2D eigenvalue weighted by Crippen LogP contribution is -2.30. The van der Waals surface area contributed by atoms with E-state index in [1.54, 1.807) is 53.4 Å². The lowest BCUT2D eigenvalue weighted by Gasteiger charge is -2.21. The van der Waals surface area contributed by atoms with Crippen LogP contribution in [0.3, 0.4) is 0 Å². The highest BCUT2D eigenvalue weighted by Gasteiger charge is 2.16. The first-order chi connectivity index (χ1) is 15.0. The Morgan fingerprint density at radius 3 is 2.19 bits per heavy atom. The minimum absolute atomic E-state index is 0.0144. The van der Waals surface area contributed by atoms with Gasteiger partial charge >= 0.3 is 0 Å². The highest BCUT2D eigenvalue weighted by molar-refractivity contribution is 6.06. The molecule has 158 valence electrons. The summed E-state index contributed by atoms with van der Waals surface area (Å²) in [6.07, 6.45) is 0. The predicted molar refractivity (Wildman–Crippen MR) is 122 cm³/mol. The van der Waals surface area contributed by atoms with Gasteiger partial charge in [0.15, 0.2) is 0 Å². The quantitative estimate of drug-likeness (QED) is 0.523. The molecule has 0 fully saturated rings. The monoisotopic (exact) mass is 416 g/mol. The van der Waals surface area contributed by atoms with Gasteiger partial charge < -0.3 is 21.3 Å². The third-order valence-corrected chi connectivity index (χ3v) is 4.65. The summed E-state index contributed by atoms with van der Waals surface area (Å²) < 4.78 is 0. The highest BCUT2D eigenvalue weighted by atomic mass is 16.2. The predicted octanol–water partition coefficient (Wildman–Crippen LogP) is 3.50. The van der Waals surface area contributed by atoms with Gasteiger partial charge in [0, 0.05) is 34.7 Å². The van der Waals surface area contributed by atoms with Crippen molar-refractivity contribution in [3.8, 4) is 0 Å². The number of hydrogen-bond acceptors (Lipinski definition) is 4. The molecule has 0 heterocycles. The van der Waals surface area contributed by atoms with Gasteiger partial charge in [-0.15, -0.1) is 0 Å². The Labute approximate surface area is 180 Å². The van der Waals surface area contributed by atoms with Crippen molar-refractivity contribution in [2.45, 2.75) is 6.92 Å². The van der Waals surface area contributed by atoms with Gasteiger partial charge in [0.05, 0.1) is 6.54 Å². The van der Waals surface area contributed by atoms with Gasteiger partial charge in [-0.3, -0.25) is 14.4 Å². The number of para-hydroxylation sites is 1. The van der Waals surface area contributed by atoms with Crippen LogP contribution >= 0.6 is 0 Å². The molecule has 0 saturated carbocycles. The molecule has 0 saturated heterocycles. The number of nitrogens with two attached hydrogens (primary N) is 1. The van der Waals surface area contributed by atoms with Crippen molar-refractivity contribution in [3.05, 3.63) is 90.0 Å². The Bertz CT molecular complexity index is 1070. The zero-order chi connectivity index (χ0) is 22.2. The lowest BCUT2D eigenvalue weighted by atomic mass is 10.1. The number of nitrogens with zero attached hydrogens (tertiary/aromatic N) is 1. The minimum Gasteiger partial charge on any atom is -0.376 e. The smallest absolute Gasteiger partial charge is 0.258 e. The Morgan fingerprint density at radius 2 is 1.55 bits per heavy atom. The van der Waals surface area contributed by atoms with Crippen LogP contribution in [0.15, 0.2) is 78.9 Å². The average molecular weight is 416 g/mol. The molecule has 0 unspecified atom stereocenters. The van der Waals surface area contributed by atoms with E-state index in [4.69, 9.17) is 5.73 Å². The molecule has 0 bridgehead atoms. The van der Waals surface area contributed by atoms with E-state index in [-0.39, 0.29) is 18.4 Å². The van der Waals surface area contributed by atoms with E-state index >= 15 is 0 Å². The topological polar surface area (TPSA) is 105 Å². The van der Waals surface area contributed by atoms with Crippen LogP contribution in [-0.4, -0.2) is 30.8 Å². The lowest BCUT2D eigenvalue weighted by molar-refractivity contribution is -0.114.